The van der Waals surface area contributed by atoms with Crippen molar-refractivity contribution in [3.8, 4) is 5.75 Å². The summed E-state index contributed by atoms with van der Waals surface area (Å²) in [5, 5.41) is 12.8. The first-order valence-corrected chi connectivity index (χ1v) is 36.4. The summed E-state index contributed by atoms with van der Waals surface area (Å²) in [6.45, 7) is 1.45. The van der Waals surface area contributed by atoms with Crippen molar-refractivity contribution in [2.75, 3.05) is 26.9 Å². The highest BCUT2D eigenvalue weighted by atomic mass is 16.8. The molecule has 3 heterocycles. The van der Waals surface area contributed by atoms with Crippen molar-refractivity contribution in [3.05, 3.63) is 353 Å². The fourth-order valence-corrected chi connectivity index (χ4v) is 13.2. The molecule has 3 saturated heterocycles. The number of hydrogen-bond donors (Lipinski definition) is 1. The van der Waals surface area contributed by atoms with Crippen LogP contribution in [0.2, 0.25) is 0 Å². The maximum absolute atomic E-state index is 12.8. The molecule has 17 nitrogen and oxygen atoms in total. The summed E-state index contributed by atoms with van der Waals surface area (Å²) >= 11 is 0. The second-order valence-corrected chi connectivity index (χ2v) is 26.5. The zero-order valence-corrected chi connectivity index (χ0v) is 59.6. The molecule has 0 amide bonds. The maximum atomic E-state index is 12.8. The number of aliphatic hydroxyl groups is 1. The van der Waals surface area contributed by atoms with Crippen LogP contribution in [-0.4, -0.2) is 124 Å². The molecule has 0 spiro atoms. The Balaban J connectivity index is 0.930. The Hall–Kier alpha value is -8.64. The predicted molar refractivity (Wildman–Crippen MR) is 398 cm³/mol. The lowest BCUT2D eigenvalue weighted by molar-refractivity contribution is -0.394. The van der Waals surface area contributed by atoms with Gasteiger partial charge in [0.25, 0.3) is 0 Å². The molecule has 10 aromatic carbocycles. The van der Waals surface area contributed by atoms with Crippen molar-refractivity contribution in [1.29, 1.82) is 0 Å². The van der Waals surface area contributed by atoms with Gasteiger partial charge in [0, 0.05) is 0 Å². The van der Waals surface area contributed by atoms with Gasteiger partial charge in [0.2, 0.25) is 0 Å². The Morgan fingerprint density at radius 1 is 0.236 bits per heavy atom. The smallest absolute Gasteiger partial charge is 0.187 e. The van der Waals surface area contributed by atoms with Crippen molar-refractivity contribution < 1.29 is 80.9 Å². The summed E-state index contributed by atoms with van der Waals surface area (Å²) in [6, 6.07) is 96.9. The normalized spacial score (nSPS) is 24.5. The number of rotatable bonds is 38. The van der Waals surface area contributed by atoms with E-state index < -0.39 is 92.1 Å². The number of ether oxygens (including phenoxy) is 16. The third kappa shape index (κ3) is 22.0. The molecule has 1 N–H and O–H groups in total. The summed E-state index contributed by atoms with van der Waals surface area (Å²) < 4.78 is 114. The molecule has 3 aliphatic rings. The van der Waals surface area contributed by atoms with Gasteiger partial charge in [-0.1, -0.05) is 285 Å². The molecule has 3 fully saturated rings. The highest BCUT2D eigenvalue weighted by molar-refractivity contribution is 5.27. The van der Waals surface area contributed by atoms with E-state index in [1.54, 1.807) is 7.11 Å². The second-order valence-electron chi connectivity index (χ2n) is 26.5. The first-order valence-electron chi connectivity index (χ1n) is 36.4. The van der Waals surface area contributed by atoms with E-state index in [1.807, 2.05) is 297 Å². The summed E-state index contributed by atoms with van der Waals surface area (Å²) in [4.78, 5) is 0. The van der Waals surface area contributed by atoms with E-state index in [1.165, 1.54) is 0 Å². The van der Waals surface area contributed by atoms with Crippen molar-refractivity contribution >= 4 is 0 Å². The van der Waals surface area contributed by atoms with Gasteiger partial charge in [-0.3, -0.25) is 0 Å². The molecular formula is C89H94O17. The molecule has 106 heavy (non-hydrogen) atoms. The number of hydrogen-bond acceptors (Lipinski definition) is 17. The van der Waals surface area contributed by atoms with Gasteiger partial charge >= 0.3 is 0 Å². The van der Waals surface area contributed by atoms with Crippen LogP contribution in [0.1, 0.15) is 55.6 Å². The Morgan fingerprint density at radius 2 is 0.472 bits per heavy atom. The van der Waals surface area contributed by atoms with Crippen LogP contribution in [0.3, 0.4) is 0 Å². The second kappa shape index (κ2) is 40.4. The van der Waals surface area contributed by atoms with Crippen molar-refractivity contribution in [2.45, 2.75) is 158 Å². The molecule has 552 valence electrons. The minimum absolute atomic E-state index is 0.0133. The lowest BCUT2D eigenvalue weighted by Crippen LogP contribution is -2.68. The Bertz CT molecular complexity index is 4030. The topological polar surface area (TPSA) is 168 Å². The summed E-state index contributed by atoms with van der Waals surface area (Å²) in [5.41, 5.74) is 9.05. The van der Waals surface area contributed by atoms with Gasteiger partial charge < -0.3 is 80.9 Å². The van der Waals surface area contributed by atoms with Crippen LogP contribution >= 0.6 is 0 Å². The predicted octanol–water partition coefficient (Wildman–Crippen LogP) is 14.7. The molecule has 0 saturated carbocycles. The lowest BCUT2D eigenvalue weighted by atomic mass is 9.95. The van der Waals surface area contributed by atoms with E-state index in [4.69, 9.17) is 75.8 Å². The van der Waals surface area contributed by atoms with Gasteiger partial charge in [0.1, 0.15) is 79.0 Å². The van der Waals surface area contributed by atoms with E-state index in [-0.39, 0.29) is 85.9 Å². The van der Waals surface area contributed by atoms with Crippen LogP contribution in [0, 0.1) is 0 Å². The molecule has 3 aliphatic heterocycles. The van der Waals surface area contributed by atoms with Crippen LogP contribution in [0.25, 0.3) is 0 Å². The number of aliphatic hydroxyl groups excluding tert-OH is 1. The van der Waals surface area contributed by atoms with Crippen LogP contribution in [0.5, 0.6) is 5.75 Å². The summed E-state index contributed by atoms with van der Waals surface area (Å²) in [6.07, 6.45) is -16.4. The molecule has 10 aromatic rings. The molecule has 0 bridgehead atoms. The molecular weight excluding hydrogens is 1340 g/mol. The average Bonchev–Trinajstić information content (AvgIpc) is 0.765. The van der Waals surface area contributed by atoms with Crippen molar-refractivity contribution in [3.63, 3.8) is 0 Å². The fraction of sp³-hybridized carbons (Fsp3) is 0.326. The van der Waals surface area contributed by atoms with Gasteiger partial charge in [-0.25, -0.2) is 0 Å². The number of benzene rings is 10. The van der Waals surface area contributed by atoms with E-state index in [0.29, 0.717) is 5.75 Å². The van der Waals surface area contributed by atoms with Gasteiger partial charge in [-0.05, 0) is 67.8 Å². The first-order chi connectivity index (χ1) is 52.4. The minimum Gasteiger partial charge on any atom is -0.497 e. The third-order valence-corrected chi connectivity index (χ3v) is 18.8. The van der Waals surface area contributed by atoms with E-state index in [2.05, 4.69) is 0 Å². The quantitative estimate of drug-likeness (QED) is 0.0388. The first kappa shape index (κ1) is 75.6. The molecule has 0 aromatic heterocycles. The summed E-state index contributed by atoms with van der Waals surface area (Å²) in [5.74, 6) is 0.681. The molecule has 17 heteroatoms. The van der Waals surface area contributed by atoms with E-state index >= 15 is 0 Å². The average molecular weight is 1440 g/mol. The number of methoxy groups -OCH3 is 1. The van der Waals surface area contributed by atoms with E-state index in [9.17, 15) is 5.11 Å². The fourth-order valence-electron chi connectivity index (χ4n) is 13.2. The highest BCUT2D eigenvalue weighted by Crippen LogP contribution is 2.40. The molecule has 13 rings (SSSR count). The highest BCUT2D eigenvalue weighted by Gasteiger charge is 2.57. The zero-order valence-electron chi connectivity index (χ0n) is 59.6. The SMILES string of the molecule is COc1ccc(CO[C@@H]2[C@H](O[C@H]3[C@H](OCc4ccccc4)[C@H](OCc4ccccc4)[C@H](O[C@H]4[C@H](OCc5ccccc5)[C@H](OCc5ccccc5)[C@@H](OCc5ccccc5)O[C@@H]4COCc4ccccc4)O[C@@H]3COCc3ccccc3)O[C@H](COCc3ccccc3)[C@@H](O)[C@@H]2OCc2ccccc2)cc1. The zero-order chi connectivity index (χ0) is 72.2. The van der Waals surface area contributed by atoms with Crippen LogP contribution in [-0.2, 0) is 137 Å². The van der Waals surface area contributed by atoms with Gasteiger partial charge in [0.05, 0.1) is 93.0 Å². The molecule has 0 radical (unpaired) electrons. The molecule has 15 atom stereocenters. The van der Waals surface area contributed by atoms with E-state index in [0.717, 1.165) is 55.6 Å². The largest absolute Gasteiger partial charge is 0.497 e. The lowest BCUT2D eigenvalue weighted by Gasteiger charge is -2.51. The van der Waals surface area contributed by atoms with Crippen LogP contribution < -0.4 is 4.74 Å². The Labute approximate surface area is 621 Å². The van der Waals surface area contributed by atoms with Crippen LogP contribution in [0.15, 0.2) is 297 Å². The Kier molecular flexibility index (Phi) is 28.8. The van der Waals surface area contributed by atoms with Crippen molar-refractivity contribution in [2.24, 2.45) is 0 Å². The standard InChI is InChI=1S/C89H94O17/c1-91-74-49-47-73(48-50-74)59-98-84-81(95-54-67-35-17-5-18-36-67)78(90)75(61-92-51-64-29-11-2-12-30-64)102-88(84)105-80-77(63-94-53-66-33-15-4-16-34-66)104-89(86(100-58-71-43-25-9-26-44-71)83(80)97-56-69-39-21-7-22-40-69)106-79-76(62-93-52-65-31-13-3-14-32-65)103-87(101-60-72-45-27-10-28-46-72)85(99-57-70-41-23-8-24-42-70)82(79)96-55-68-37-19-6-20-38-68/h2-50,75-90H,51-63H2,1H3/t75-,76-,77-,78-,79-,80-,81+,82+,83+,84+,85+,86+,87+,88+,89+/m1/s1. The Morgan fingerprint density at radius 3 is 0.792 bits per heavy atom. The summed E-state index contributed by atoms with van der Waals surface area (Å²) in [7, 11) is 1.63. The third-order valence-electron chi connectivity index (χ3n) is 18.8. The molecule has 0 aliphatic carbocycles. The van der Waals surface area contributed by atoms with Gasteiger partial charge in [-0.15, -0.1) is 0 Å². The molecule has 0 unspecified atom stereocenters. The van der Waals surface area contributed by atoms with Gasteiger partial charge in [0.15, 0.2) is 18.9 Å². The maximum Gasteiger partial charge on any atom is 0.187 e. The van der Waals surface area contributed by atoms with Crippen LogP contribution in [0.4, 0.5) is 0 Å². The van der Waals surface area contributed by atoms with Gasteiger partial charge in [-0.2, -0.15) is 0 Å². The monoisotopic (exact) mass is 1430 g/mol. The minimum atomic E-state index is -1.32. The van der Waals surface area contributed by atoms with Crippen molar-refractivity contribution in [1.82, 2.24) is 0 Å².